The van der Waals surface area contributed by atoms with E-state index in [0.717, 1.165) is 30.0 Å². The maximum atomic E-state index is 5.56. The van der Waals surface area contributed by atoms with E-state index in [-0.39, 0.29) is 0 Å². The molecule has 0 spiro atoms. The third kappa shape index (κ3) is 3.28. The first-order valence-corrected chi connectivity index (χ1v) is 6.14. The average Bonchev–Trinajstić information content (AvgIpc) is 2.46. The van der Waals surface area contributed by atoms with Crippen molar-refractivity contribution >= 4 is 5.82 Å². The van der Waals surface area contributed by atoms with Gasteiger partial charge in [-0.05, 0) is 17.5 Å². The van der Waals surface area contributed by atoms with E-state index in [1.807, 2.05) is 6.07 Å². The van der Waals surface area contributed by atoms with Gasteiger partial charge in [-0.25, -0.2) is 9.97 Å². The van der Waals surface area contributed by atoms with E-state index in [4.69, 9.17) is 5.73 Å². The van der Waals surface area contributed by atoms with Crippen LogP contribution in [0.1, 0.15) is 23.7 Å². The second kappa shape index (κ2) is 6.12. The standard InChI is InChI=1S/C14H18N4/c1-2-13-7-14(18-10-17-13)16-9-12-5-3-11(8-15)4-6-12/h3-7,10H,2,8-9,15H2,1H3,(H,16,17,18). The summed E-state index contributed by atoms with van der Waals surface area (Å²) in [6.45, 7) is 3.42. The Morgan fingerprint density at radius 1 is 1.11 bits per heavy atom. The maximum absolute atomic E-state index is 5.56. The Kier molecular flexibility index (Phi) is 4.25. The van der Waals surface area contributed by atoms with E-state index in [2.05, 4.69) is 46.5 Å². The molecule has 0 saturated carbocycles. The van der Waals surface area contributed by atoms with Crippen LogP contribution in [0.2, 0.25) is 0 Å². The molecular formula is C14H18N4. The zero-order valence-corrected chi connectivity index (χ0v) is 10.6. The van der Waals surface area contributed by atoms with Crippen molar-refractivity contribution < 1.29 is 0 Å². The molecule has 4 heteroatoms. The van der Waals surface area contributed by atoms with Crippen molar-refractivity contribution in [3.8, 4) is 0 Å². The van der Waals surface area contributed by atoms with Gasteiger partial charge in [-0.1, -0.05) is 31.2 Å². The summed E-state index contributed by atoms with van der Waals surface area (Å²) < 4.78 is 0. The van der Waals surface area contributed by atoms with E-state index in [1.165, 1.54) is 5.56 Å². The molecule has 0 aliphatic heterocycles. The van der Waals surface area contributed by atoms with Crippen molar-refractivity contribution in [1.29, 1.82) is 0 Å². The molecule has 2 rings (SSSR count). The Bertz CT molecular complexity index is 493. The van der Waals surface area contributed by atoms with Gasteiger partial charge in [0.1, 0.15) is 12.1 Å². The van der Waals surface area contributed by atoms with E-state index in [9.17, 15) is 0 Å². The zero-order chi connectivity index (χ0) is 12.8. The highest BCUT2D eigenvalue weighted by atomic mass is 15.0. The van der Waals surface area contributed by atoms with Crippen LogP contribution in [0.15, 0.2) is 36.7 Å². The molecule has 1 heterocycles. The summed E-state index contributed by atoms with van der Waals surface area (Å²) in [6.07, 6.45) is 2.51. The quantitative estimate of drug-likeness (QED) is 0.843. The van der Waals surface area contributed by atoms with Gasteiger partial charge in [0.2, 0.25) is 0 Å². The van der Waals surface area contributed by atoms with E-state index in [1.54, 1.807) is 6.33 Å². The molecule has 0 aliphatic carbocycles. The van der Waals surface area contributed by atoms with Crippen LogP contribution in [-0.4, -0.2) is 9.97 Å². The normalized spacial score (nSPS) is 10.3. The second-order valence-corrected chi connectivity index (χ2v) is 4.12. The van der Waals surface area contributed by atoms with Crippen molar-refractivity contribution in [1.82, 2.24) is 9.97 Å². The lowest BCUT2D eigenvalue weighted by Gasteiger charge is -2.07. The van der Waals surface area contributed by atoms with Crippen LogP contribution < -0.4 is 11.1 Å². The number of aryl methyl sites for hydroxylation is 1. The average molecular weight is 242 g/mol. The fourth-order valence-corrected chi connectivity index (χ4v) is 1.67. The highest BCUT2D eigenvalue weighted by Crippen LogP contribution is 2.08. The Hall–Kier alpha value is -1.94. The Morgan fingerprint density at radius 2 is 1.83 bits per heavy atom. The SMILES string of the molecule is CCc1cc(NCc2ccc(CN)cc2)ncn1. The first kappa shape index (κ1) is 12.5. The Morgan fingerprint density at radius 3 is 2.50 bits per heavy atom. The summed E-state index contributed by atoms with van der Waals surface area (Å²) in [7, 11) is 0. The van der Waals surface area contributed by atoms with Gasteiger partial charge >= 0.3 is 0 Å². The monoisotopic (exact) mass is 242 g/mol. The highest BCUT2D eigenvalue weighted by Gasteiger charge is 1.98. The van der Waals surface area contributed by atoms with Gasteiger partial charge in [0, 0.05) is 24.8 Å². The van der Waals surface area contributed by atoms with E-state index in [0.29, 0.717) is 6.54 Å². The molecule has 18 heavy (non-hydrogen) atoms. The summed E-state index contributed by atoms with van der Waals surface area (Å²) >= 11 is 0. The lowest BCUT2D eigenvalue weighted by molar-refractivity contribution is 0.985. The number of aromatic nitrogens is 2. The third-order valence-corrected chi connectivity index (χ3v) is 2.82. The lowest BCUT2D eigenvalue weighted by Crippen LogP contribution is -2.03. The first-order valence-electron chi connectivity index (χ1n) is 6.14. The van der Waals surface area contributed by atoms with Crippen LogP contribution in [0, 0.1) is 0 Å². The smallest absolute Gasteiger partial charge is 0.129 e. The molecule has 0 amide bonds. The summed E-state index contributed by atoms with van der Waals surface area (Å²) in [5, 5.41) is 3.29. The third-order valence-electron chi connectivity index (χ3n) is 2.82. The fourth-order valence-electron chi connectivity index (χ4n) is 1.67. The molecule has 94 valence electrons. The van der Waals surface area contributed by atoms with Gasteiger partial charge in [0.05, 0.1) is 0 Å². The Balaban J connectivity index is 1.97. The molecule has 0 atom stereocenters. The van der Waals surface area contributed by atoms with Crippen molar-refractivity contribution in [2.45, 2.75) is 26.4 Å². The van der Waals surface area contributed by atoms with Crippen molar-refractivity contribution in [3.63, 3.8) is 0 Å². The molecule has 1 aromatic heterocycles. The number of rotatable bonds is 5. The molecule has 0 radical (unpaired) electrons. The number of hydrogen-bond donors (Lipinski definition) is 2. The molecule has 0 saturated heterocycles. The number of nitrogens with one attached hydrogen (secondary N) is 1. The summed E-state index contributed by atoms with van der Waals surface area (Å²) in [5.41, 5.74) is 8.97. The first-order chi connectivity index (χ1) is 8.81. The predicted molar refractivity (Wildman–Crippen MR) is 73.1 cm³/mol. The van der Waals surface area contributed by atoms with E-state index >= 15 is 0 Å². The molecule has 0 unspecified atom stereocenters. The van der Waals surface area contributed by atoms with Crippen LogP contribution in [-0.2, 0) is 19.5 Å². The van der Waals surface area contributed by atoms with Crippen LogP contribution in [0.3, 0.4) is 0 Å². The van der Waals surface area contributed by atoms with Crippen LogP contribution in [0.5, 0.6) is 0 Å². The fraction of sp³-hybridized carbons (Fsp3) is 0.286. The van der Waals surface area contributed by atoms with Gasteiger partial charge < -0.3 is 11.1 Å². The van der Waals surface area contributed by atoms with Crippen LogP contribution >= 0.6 is 0 Å². The molecule has 0 aliphatic rings. The molecule has 0 bridgehead atoms. The van der Waals surface area contributed by atoms with E-state index < -0.39 is 0 Å². The van der Waals surface area contributed by atoms with Crippen LogP contribution in [0.25, 0.3) is 0 Å². The minimum absolute atomic E-state index is 0.583. The molecule has 0 fully saturated rings. The van der Waals surface area contributed by atoms with Gasteiger partial charge in [-0.3, -0.25) is 0 Å². The van der Waals surface area contributed by atoms with Gasteiger partial charge in [-0.15, -0.1) is 0 Å². The summed E-state index contributed by atoms with van der Waals surface area (Å²) in [6, 6.07) is 10.2. The second-order valence-electron chi connectivity index (χ2n) is 4.12. The number of anilines is 1. The van der Waals surface area contributed by atoms with Gasteiger partial charge in [-0.2, -0.15) is 0 Å². The number of benzene rings is 1. The maximum Gasteiger partial charge on any atom is 0.129 e. The Labute approximate surface area is 107 Å². The summed E-state index contributed by atoms with van der Waals surface area (Å²) in [4.78, 5) is 8.36. The number of nitrogens with two attached hydrogens (primary N) is 1. The van der Waals surface area contributed by atoms with Gasteiger partial charge in [0.15, 0.2) is 0 Å². The number of hydrogen-bond acceptors (Lipinski definition) is 4. The van der Waals surface area contributed by atoms with Crippen molar-refractivity contribution in [2.24, 2.45) is 5.73 Å². The minimum atomic E-state index is 0.583. The molecule has 4 nitrogen and oxygen atoms in total. The molecule has 1 aromatic carbocycles. The summed E-state index contributed by atoms with van der Waals surface area (Å²) in [5.74, 6) is 0.866. The molecular weight excluding hydrogens is 224 g/mol. The molecule has 2 aromatic rings. The highest BCUT2D eigenvalue weighted by molar-refractivity contribution is 5.36. The van der Waals surface area contributed by atoms with Crippen LogP contribution in [0.4, 0.5) is 5.82 Å². The van der Waals surface area contributed by atoms with Crippen molar-refractivity contribution in [3.05, 3.63) is 53.5 Å². The zero-order valence-electron chi connectivity index (χ0n) is 10.6. The topological polar surface area (TPSA) is 63.8 Å². The lowest BCUT2D eigenvalue weighted by atomic mass is 10.1. The molecule has 3 N–H and O–H groups in total. The van der Waals surface area contributed by atoms with Gasteiger partial charge in [0.25, 0.3) is 0 Å². The van der Waals surface area contributed by atoms with Crippen molar-refractivity contribution in [2.75, 3.05) is 5.32 Å². The predicted octanol–water partition coefficient (Wildman–Crippen LogP) is 2.11. The number of nitrogens with zero attached hydrogens (tertiary/aromatic N) is 2. The minimum Gasteiger partial charge on any atom is -0.366 e. The largest absolute Gasteiger partial charge is 0.366 e.